The van der Waals surface area contributed by atoms with Crippen LogP contribution in [0.1, 0.15) is 5.69 Å². The number of nitrogens with two attached hydrogens (primary N) is 1. The summed E-state index contributed by atoms with van der Waals surface area (Å²) in [6.07, 6.45) is 3.23. The average Bonchev–Trinajstić information content (AvgIpc) is 2.56. The molecule has 2 N–H and O–H groups in total. The summed E-state index contributed by atoms with van der Waals surface area (Å²) in [7, 11) is 0. The Morgan fingerprint density at radius 1 is 1.43 bits per heavy atom. The SMILES string of the molecule is Nc1ccn(Cc2ncccc2F)n1. The molecule has 14 heavy (non-hydrogen) atoms. The van der Waals surface area contributed by atoms with Crippen LogP contribution in [0, 0.1) is 5.82 Å². The quantitative estimate of drug-likeness (QED) is 0.773. The number of aromatic nitrogens is 3. The lowest BCUT2D eigenvalue weighted by molar-refractivity contribution is 0.571. The molecular formula is C9H9FN4. The second-order valence-electron chi connectivity index (χ2n) is 2.87. The molecule has 72 valence electrons. The van der Waals surface area contributed by atoms with Gasteiger partial charge in [0, 0.05) is 12.4 Å². The summed E-state index contributed by atoms with van der Waals surface area (Å²) in [4.78, 5) is 3.91. The molecule has 0 aliphatic heterocycles. The van der Waals surface area contributed by atoms with Crippen LogP contribution in [0.25, 0.3) is 0 Å². The van der Waals surface area contributed by atoms with Gasteiger partial charge in [-0.15, -0.1) is 0 Å². The molecule has 2 rings (SSSR count). The van der Waals surface area contributed by atoms with Crippen molar-refractivity contribution in [3.63, 3.8) is 0 Å². The van der Waals surface area contributed by atoms with Gasteiger partial charge in [0.2, 0.25) is 0 Å². The molecule has 0 bridgehead atoms. The fourth-order valence-corrected chi connectivity index (χ4v) is 1.15. The number of anilines is 1. The van der Waals surface area contributed by atoms with Gasteiger partial charge in [-0.3, -0.25) is 9.67 Å². The number of rotatable bonds is 2. The van der Waals surface area contributed by atoms with Crippen LogP contribution in [0.3, 0.4) is 0 Å². The van der Waals surface area contributed by atoms with Crippen molar-refractivity contribution in [1.82, 2.24) is 14.8 Å². The van der Waals surface area contributed by atoms with Gasteiger partial charge in [-0.2, -0.15) is 5.10 Å². The van der Waals surface area contributed by atoms with Crippen LogP contribution < -0.4 is 5.73 Å². The van der Waals surface area contributed by atoms with Gasteiger partial charge < -0.3 is 5.73 Å². The molecule has 0 atom stereocenters. The zero-order chi connectivity index (χ0) is 9.97. The lowest BCUT2D eigenvalue weighted by atomic mass is 10.3. The van der Waals surface area contributed by atoms with Gasteiger partial charge >= 0.3 is 0 Å². The fourth-order valence-electron chi connectivity index (χ4n) is 1.15. The maximum absolute atomic E-state index is 13.1. The molecule has 2 aromatic heterocycles. The summed E-state index contributed by atoms with van der Waals surface area (Å²) < 4.78 is 14.7. The van der Waals surface area contributed by atoms with E-state index in [9.17, 15) is 4.39 Å². The largest absolute Gasteiger partial charge is 0.382 e. The highest BCUT2D eigenvalue weighted by atomic mass is 19.1. The van der Waals surface area contributed by atoms with E-state index in [1.165, 1.54) is 6.07 Å². The standard InChI is InChI=1S/C9H9FN4/c10-7-2-1-4-12-8(7)6-14-5-3-9(11)13-14/h1-5H,6H2,(H2,11,13). The zero-order valence-corrected chi connectivity index (χ0v) is 7.39. The molecule has 0 saturated carbocycles. The van der Waals surface area contributed by atoms with Crippen LogP contribution in [0.2, 0.25) is 0 Å². The summed E-state index contributed by atoms with van der Waals surface area (Å²) in [5.74, 6) is 0.0860. The first-order valence-corrected chi connectivity index (χ1v) is 4.14. The molecule has 0 unspecified atom stereocenters. The average molecular weight is 192 g/mol. The molecule has 0 fully saturated rings. The molecule has 0 saturated heterocycles. The van der Waals surface area contributed by atoms with Crippen LogP contribution in [-0.2, 0) is 6.54 Å². The Labute approximate surface area is 80.2 Å². The molecule has 0 radical (unpaired) electrons. The smallest absolute Gasteiger partial charge is 0.146 e. The van der Waals surface area contributed by atoms with Gasteiger partial charge in [-0.05, 0) is 18.2 Å². The van der Waals surface area contributed by atoms with E-state index in [0.717, 1.165) is 0 Å². The third kappa shape index (κ3) is 1.71. The summed E-state index contributed by atoms with van der Waals surface area (Å²) >= 11 is 0. The van der Waals surface area contributed by atoms with Crippen molar-refractivity contribution in [3.8, 4) is 0 Å². The van der Waals surface area contributed by atoms with Crippen LogP contribution >= 0.6 is 0 Å². The Balaban J connectivity index is 2.23. The third-order valence-corrected chi connectivity index (χ3v) is 1.81. The number of hydrogen-bond acceptors (Lipinski definition) is 3. The highest BCUT2D eigenvalue weighted by Gasteiger charge is 2.03. The lowest BCUT2D eigenvalue weighted by Crippen LogP contribution is -2.05. The summed E-state index contributed by atoms with van der Waals surface area (Å²) in [5, 5.41) is 3.93. The van der Waals surface area contributed by atoms with E-state index < -0.39 is 0 Å². The van der Waals surface area contributed by atoms with E-state index in [0.29, 0.717) is 18.1 Å². The van der Waals surface area contributed by atoms with E-state index in [-0.39, 0.29) is 5.82 Å². The fraction of sp³-hybridized carbons (Fsp3) is 0.111. The van der Waals surface area contributed by atoms with E-state index >= 15 is 0 Å². The third-order valence-electron chi connectivity index (χ3n) is 1.81. The maximum atomic E-state index is 13.1. The number of nitrogens with zero attached hydrogens (tertiary/aromatic N) is 3. The molecule has 2 aromatic rings. The first kappa shape index (κ1) is 8.68. The summed E-state index contributed by atoms with van der Waals surface area (Å²) in [6.45, 7) is 0.296. The molecule has 0 aliphatic rings. The molecule has 2 heterocycles. The Morgan fingerprint density at radius 3 is 2.93 bits per heavy atom. The Morgan fingerprint density at radius 2 is 2.29 bits per heavy atom. The number of nitrogen functional groups attached to an aromatic ring is 1. The van der Waals surface area contributed by atoms with Gasteiger partial charge in [0.1, 0.15) is 11.6 Å². The second-order valence-corrected chi connectivity index (χ2v) is 2.87. The predicted octanol–water partition coefficient (Wildman–Crippen LogP) is 1.05. The number of halogens is 1. The van der Waals surface area contributed by atoms with Crippen molar-refractivity contribution in [2.75, 3.05) is 5.73 Å². The van der Waals surface area contributed by atoms with Gasteiger partial charge in [0.15, 0.2) is 0 Å². The van der Waals surface area contributed by atoms with Crippen LogP contribution in [0.15, 0.2) is 30.6 Å². The second kappa shape index (κ2) is 3.45. The van der Waals surface area contributed by atoms with Gasteiger partial charge in [-0.1, -0.05) is 0 Å². The first-order valence-electron chi connectivity index (χ1n) is 4.14. The van der Waals surface area contributed by atoms with Gasteiger partial charge in [-0.25, -0.2) is 4.39 Å². The number of hydrogen-bond donors (Lipinski definition) is 1. The molecular weight excluding hydrogens is 183 g/mol. The molecule has 5 heteroatoms. The minimum Gasteiger partial charge on any atom is -0.382 e. The Kier molecular flexibility index (Phi) is 2.14. The molecule has 0 amide bonds. The normalized spacial score (nSPS) is 10.4. The van der Waals surface area contributed by atoms with Crippen molar-refractivity contribution in [1.29, 1.82) is 0 Å². The minimum absolute atomic E-state index is 0.296. The van der Waals surface area contributed by atoms with Crippen LogP contribution in [-0.4, -0.2) is 14.8 Å². The Bertz CT molecular complexity index is 438. The molecule has 0 aliphatic carbocycles. The van der Waals surface area contributed by atoms with E-state index in [4.69, 9.17) is 5.73 Å². The zero-order valence-electron chi connectivity index (χ0n) is 7.39. The minimum atomic E-state index is -0.332. The van der Waals surface area contributed by atoms with Gasteiger partial charge in [0.05, 0.1) is 12.2 Å². The highest BCUT2D eigenvalue weighted by Crippen LogP contribution is 2.05. The van der Waals surface area contributed by atoms with Crippen molar-refractivity contribution in [3.05, 3.63) is 42.1 Å². The number of pyridine rings is 1. The Hall–Kier alpha value is -1.91. The maximum Gasteiger partial charge on any atom is 0.146 e. The lowest BCUT2D eigenvalue weighted by Gasteiger charge is -2.01. The monoisotopic (exact) mass is 192 g/mol. The van der Waals surface area contributed by atoms with Crippen molar-refractivity contribution < 1.29 is 4.39 Å². The molecule has 4 nitrogen and oxygen atoms in total. The van der Waals surface area contributed by atoms with E-state index in [1.807, 2.05) is 0 Å². The van der Waals surface area contributed by atoms with E-state index in [2.05, 4.69) is 10.1 Å². The van der Waals surface area contributed by atoms with Crippen molar-refractivity contribution in [2.24, 2.45) is 0 Å². The van der Waals surface area contributed by atoms with Crippen molar-refractivity contribution in [2.45, 2.75) is 6.54 Å². The molecule has 0 spiro atoms. The summed E-state index contributed by atoms with van der Waals surface area (Å²) in [5.41, 5.74) is 5.78. The van der Waals surface area contributed by atoms with E-state index in [1.54, 1.807) is 29.2 Å². The topological polar surface area (TPSA) is 56.7 Å². The molecule has 0 aromatic carbocycles. The predicted molar refractivity (Wildman–Crippen MR) is 49.9 cm³/mol. The van der Waals surface area contributed by atoms with Crippen molar-refractivity contribution >= 4 is 5.82 Å². The van der Waals surface area contributed by atoms with Crippen LogP contribution in [0.5, 0.6) is 0 Å². The first-order chi connectivity index (χ1) is 6.75. The van der Waals surface area contributed by atoms with Crippen LogP contribution in [0.4, 0.5) is 10.2 Å². The highest BCUT2D eigenvalue weighted by molar-refractivity contribution is 5.24. The summed E-state index contributed by atoms with van der Waals surface area (Å²) in [6, 6.07) is 4.58. The van der Waals surface area contributed by atoms with Gasteiger partial charge in [0.25, 0.3) is 0 Å².